The van der Waals surface area contributed by atoms with Gasteiger partial charge in [0.15, 0.2) is 5.82 Å². The van der Waals surface area contributed by atoms with Crippen LogP contribution in [0.4, 0.5) is 8.78 Å². The van der Waals surface area contributed by atoms with Gasteiger partial charge in [-0.2, -0.15) is 0 Å². The molecule has 2 saturated heterocycles. The van der Waals surface area contributed by atoms with Gasteiger partial charge in [-0.15, -0.1) is 0 Å². The summed E-state index contributed by atoms with van der Waals surface area (Å²) < 4.78 is 32.6. The van der Waals surface area contributed by atoms with Crippen LogP contribution >= 0.6 is 22.6 Å². The van der Waals surface area contributed by atoms with E-state index in [0.717, 1.165) is 29.4 Å². The molecule has 5 rings (SSSR count). The number of imidazole rings is 1. The van der Waals surface area contributed by atoms with Crippen LogP contribution in [0.5, 0.6) is 0 Å². The van der Waals surface area contributed by atoms with E-state index >= 15 is 4.39 Å². The fraction of sp³-hybridized carbons (Fsp3) is 0.417. The van der Waals surface area contributed by atoms with E-state index in [0.29, 0.717) is 11.1 Å². The van der Waals surface area contributed by atoms with Crippen LogP contribution in [-0.4, -0.2) is 56.7 Å². The third-order valence-electron chi connectivity index (χ3n) is 6.85. The van der Waals surface area contributed by atoms with Gasteiger partial charge >= 0.3 is 0 Å². The molecule has 0 unspecified atom stereocenters. The minimum atomic E-state index is -0.979. The second-order valence-electron chi connectivity index (χ2n) is 9.12. The molecule has 0 aliphatic carbocycles. The maximum atomic E-state index is 15.6. The van der Waals surface area contributed by atoms with E-state index in [9.17, 15) is 14.3 Å². The number of aryl methyl sites for hydroxylation is 1. The van der Waals surface area contributed by atoms with Crippen molar-refractivity contribution in [2.45, 2.75) is 37.3 Å². The van der Waals surface area contributed by atoms with Crippen molar-refractivity contribution in [1.29, 1.82) is 0 Å². The van der Waals surface area contributed by atoms with Crippen molar-refractivity contribution in [1.82, 2.24) is 19.8 Å². The molecule has 2 aliphatic rings. The number of hydrogen-bond acceptors (Lipinski definition) is 4. The Kier molecular flexibility index (Phi) is 5.90. The quantitative estimate of drug-likeness (QED) is 0.476. The Morgan fingerprint density at radius 3 is 2.79 bits per heavy atom. The first-order chi connectivity index (χ1) is 15.8. The molecule has 2 aromatic carbocycles. The Bertz CT molecular complexity index is 1230. The minimum Gasteiger partial charge on any atom is -0.385 e. The molecule has 0 radical (unpaired) electrons. The molecule has 1 atom stereocenters. The highest BCUT2D eigenvalue weighted by atomic mass is 127. The summed E-state index contributed by atoms with van der Waals surface area (Å²) in [6, 6.07) is 6.34. The number of benzene rings is 2. The number of likely N-dealkylation sites (tertiary alicyclic amines) is 1. The third-order valence-corrected chi connectivity index (χ3v) is 7.52. The molecule has 2 fully saturated rings. The number of nitrogens with zero attached hydrogens (tertiary/aromatic N) is 3. The van der Waals surface area contributed by atoms with Gasteiger partial charge in [0, 0.05) is 34.2 Å². The molecule has 0 saturated carbocycles. The van der Waals surface area contributed by atoms with Crippen LogP contribution in [0.3, 0.4) is 0 Å². The van der Waals surface area contributed by atoms with Crippen molar-refractivity contribution < 1.29 is 18.7 Å². The van der Waals surface area contributed by atoms with Crippen molar-refractivity contribution >= 4 is 39.5 Å². The highest BCUT2D eigenvalue weighted by molar-refractivity contribution is 14.1. The van der Waals surface area contributed by atoms with Crippen LogP contribution in [0.15, 0.2) is 30.6 Å². The number of halogens is 3. The van der Waals surface area contributed by atoms with Gasteiger partial charge in [-0.1, -0.05) is 12.5 Å². The first-order valence-electron chi connectivity index (χ1n) is 11.1. The van der Waals surface area contributed by atoms with Gasteiger partial charge in [0.1, 0.15) is 16.9 Å². The number of hydrogen-bond donors (Lipinski definition) is 2. The van der Waals surface area contributed by atoms with Crippen molar-refractivity contribution in [3.05, 3.63) is 62.5 Å². The first kappa shape index (κ1) is 22.7. The summed E-state index contributed by atoms with van der Waals surface area (Å²) in [4.78, 5) is 19.2. The topological polar surface area (TPSA) is 70.4 Å². The van der Waals surface area contributed by atoms with E-state index in [1.807, 2.05) is 22.6 Å². The number of carbonyl (C=O) groups is 1. The van der Waals surface area contributed by atoms with Gasteiger partial charge < -0.3 is 19.9 Å². The Morgan fingerprint density at radius 2 is 2.09 bits per heavy atom. The van der Waals surface area contributed by atoms with Crippen LogP contribution < -0.4 is 5.32 Å². The molecule has 0 spiro atoms. The largest absolute Gasteiger partial charge is 0.385 e. The van der Waals surface area contributed by atoms with Crippen LogP contribution in [-0.2, 0) is 13.5 Å². The molecule has 3 heterocycles. The molecule has 2 N–H and O–H groups in total. The molecule has 174 valence electrons. The van der Waals surface area contributed by atoms with E-state index in [4.69, 9.17) is 0 Å². The summed E-state index contributed by atoms with van der Waals surface area (Å²) in [6.07, 6.45) is 4.42. The number of carbonyl (C=O) groups excluding carboxylic acids is 1. The number of aliphatic hydroxyl groups is 1. The summed E-state index contributed by atoms with van der Waals surface area (Å²) in [6.45, 7) is 1.23. The zero-order valence-electron chi connectivity index (χ0n) is 18.2. The Labute approximate surface area is 204 Å². The lowest BCUT2D eigenvalue weighted by molar-refractivity contribution is -0.108. The second-order valence-corrected chi connectivity index (χ2v) is 10.4. The Hall–Kier alpha value is -2.11. The number of fused-ring (bicyclic) bond motifs is 1. The van der Waals surface area contributed by atoms with E-state index in [1.54, 1.807) is 34.7 Å². The molecule has 9 heteroatoms. The monoisotopic (exact) mass is 566 g/mol. The number of aromatic nitrogens is 2. The number of rotatable bonds is 4. The molecule has 6 nitrogen and oxygen atoms in total. The van der Waals surface area contributed by atoms with Gasteiger partial charge in [0.05, 0.1) is 24.9 Å². The van der Waals surface area contributed by atoms with E-state index in [-0.39, 0.29) is 48.1 Å². The fourth-order valence-corrected chi connectivity index (χ4v) is 5.40. The van der Waals surface area contributed by atoms with E-state index in [2.05, 4.69) is 10.3 Å². The molecular weight excluding hydrogens is 541 g/mol. The van der Waals surface area contributed by atoms with Crippen molar-refractivity contribution in [3.63, 3.8) is 0 Å². The average Bonchev–Trinajstić information content (AvgIpc) is 3.16. The zero-order valence-corrected chi connectivity index (χ0v) is 20.4. The average molecular weight is 566 g/mol. The van der Waals surface area contributed by atoms with E-state index in [1.165, 1.54) is 12.4 Å². The number of nitrogens with one attached hydrogen (secondary N) is 1. The lowest BCUT2D eigenvalue weighted by atomic mass is 9.81. The molecule has 1 aromatic heterocycles. The van der Waals surface area contributed by atoms with Gasteiger partial charge in [-0.3, -0.25) is 4.79 Å². The lowest BCUT2D eigenvalue weighted by Gasteiger charge is -2.51. The van der Waals surface area contributed by atoms with Gasteiger partial charge in [-0.25, -0.2) is 13.8 Å². The molecule has 0 bridgehead atoms. The van der Waals surface area contributed by atoms with Crippen LogP contribution in [0.1, 0.15) is 40.7 Å². The zero-order chi connectivity index (χ0) is 23.3. The number of β-amino-alcohol motifs (C(OH)–C–C–N with tert-alkyl or cyclic N) is 1. The number of piperidine rings is 1. The molecule has 3 aromatic rings. The van der Waals surface area contributed by atoms with Crippen molar-refractivity contribution in [2.75, 3.05) is 19.6 Å². The van der Waals surface area contributed by atoms with Crippen LogP contribution in [0.25, 0.3) is 11.0 Å². The molecular formula is C24H25F2IN4O2. The third kappa shape index (κ3) is 4.04. The molecule has 2 aliphatic heterocycles. The van der Waals surface area contributed by atoms with Gasteiger partial charge in [0.25, 0.3) is 5.91 Å². The maximum absolute atomic E-state index is 15.6. The second kappa shape index (κ2) is 8.59. The summed E-state index contributed by atoms with van der Waals surface area (Å²) in [5, 5.41) is 14.4. The predicted molar refractivity (Wildman–Crippen MR) is 129 cm³/mol. The standard InChI is InChI=1S/C24H25F2IN4O2/c1-30-13-29-22-19(30)10-17(16(21(22)26)8-14-5-6-15(27)9-18(14)25)23(32)31-11-24(33,12-31)20-4-2-3-7-28-20/h5-6,9-10,13,20,28,33H,2-4,7-8,11-12H2,1H3/t20-/m0/s1. The summed E-state index contributed by atoms with van der Waals surface area (Å²) in [5.74, 6) is -1.42. The summed E-state index contributed by atoms with van der Waals surface area (Å²) >= 11 is 2.02. The van der Waals surface area contributed by atoms with Crippen molar-refractivity contribution in [2.24, 2.45) is 7.05 Å². The lowest BCUT2D eigenvalue weighted by Crippen LogP contribution is -2.72. The molecule has 1 amide bonds. The Balaban J connectivity index is 1.49. The highest BCUT2D eigenvalue weighted by Crippen LogP contribution is 2.33. The minimum absolute atomic E-state index is 0.0491. The smallest absolute Gasteiger partial charge is 0.254 e. The normalized spacial score (nSPS) is 20.2. The predicted octanol–water partition coefficient (Wildman–Crippen LogP) is 3.38. The maximum Gasteiger partial charge on any atom is 0.254 e. The number of amides is 1. The highest BCUT2D eigenvalue weighted by Gasteiger charge is 2.49. The molecule has 33 heavy (non-hydrogen) atoms. The Morgan fingerprint density at radius 1 is 1.30 bits per heavy atom. The van der Waals surface area contributed by atoms with Gasteiger partial charge in [0.2, 0.25) is 0 Å². The van der Waals surface area contributed by atoms with Crippen molar-refractivity contribution in [3.8, 4) is 0 Å². The van der Waals surface area contributed by atoms with Gasteiger partial charge in [-0.05, 0) is 65.7 Å². The summed E-state index contributed by atoms with van der Waals surface area (Å²) in [5.41, 5.74) is 0.282. The summed E-state index contributed by atoms with van der Waals surface area (Å²) in [7, 11) is 1.73. The van der Waals surface area contributed by atoms with Crippen LogP contribution in [0.2, 0.25) is 0 Å². The fourth-order valence-electron chi connectivity index (χ4n) is 4.94. The SMILES string of the molecule is Cn1cnc2c(F)c(Cc3ccc(I)cc3F)c(C(=O)N3CC(O)([C@@H]4CCCCN4)C3)cc21. The first-order valence-corrected chi connectivity index (χ1v) is 12.2. The van der Waals surface area contributed by atoms with Crippen LogP contribution in [0, 0.1) is 15.2 Å². The van der Waals surface area contributed by atoms with E-state index < -0.39 is 17.2 Å².